The van der Waals surface area contributed by atoms with Gasteiger partial charge >= 0.3 is 5.97 Å². The molecule has 2 unspecified atom stereocenters. The molecule has 8 nitrogen and oxygen atoms in total. The van der Waals surface area contributed by atoms with Gasteiger partial charge in [-0.2, -0.15) is 4.98 Å². The van der Waals surface area contributed by atoms with Crippen molar-refractivity contribution < 1.29 is 9.90 Å². The summed E-state index contributed by atoms with van der Waals surface area (Å²) in [5, 5.41) is 9.57. The summed E-state index contributed by atoms with van der Waals surface area (Å²) in [5.41, 5.74) is 3.31. The van der Waals surface area contributed by atoms with E-state index in [2.05, 4.69) is 70.8 Å². The molecule has 2 aliphatic heterocycles. The normalized spacial score (nSPS) is 20.2. The molecule has 5 rings (SSSR count). The fourth-order valence-electron chi connectivity index (χ4n) is 5.15. The monoisotopic (exact) mass is 506 g/mol. The number of hydrogen-bond donors (Lipinski definition) is 1. The number of nitrogens with zero attached hydrogens (tertiary/aromatic N) is 6. The molecule has 188 valence electrons. The molecule has 3 aromatic rings. The Labute approximate surface area is 216 Å². The molecule has 0 aliphatic carbocycles. The zero-order valence-corrected chi connectivity index (χ0v) is 21.6. The Kier molecular flexibility index (Phi) is 6.71. The minimum atomic E-state index is -1.04. The van der Waals surface area contributed by atoms with Gasteiger partial charge < -0.3 is 19.8 Å². The lowest BCUT2D eigenvalue weighted by Gasteiger charge is -2.41. The topological polar surface area (TPSA) is 85.7 Å². The lowest BCUT2D eigenvalue weighted by molar-refractivity contribution is 0.0696. The van der Waals surface area contributed by atoms with Crippen LogP contribution in [0.15, 0.2) is 42.6 Å². The first-order valence-corrected chi connectivity index (χ1v) is 12.8. The number of pyridine rings is 1. The summed E-state index contributed by atoms with van der Waals surface area (Å²) >= 11 is 6.41. The smallest absolute Gasteiger partial charge is 0.337 e. The van der Waals surface area contributed by atoms with E-state index in [0.717, 1.165) is 49.0 Å². The van der Waals surface area contributed by atoms with Gasteiger partial charge in [0.05, 0.1) is 16.3 Å². The molecule has 1 N–H and O–H groups in total. The van der Waals surface area contributed by atoms with Crippen LogP contribution in [0.25, 0.3) is 11.3 Å². The van der Waals surface area contributed by atoms with Gasteiger partial charge in [-0.3, -0.25) is 0 Å². The molecular weight excluding hydrogens is 476 g/mol. The van der Waals surface area contributed by atoms with Crippen LogP contribution in [0.3, 0.4) is 0 Å². The number of anilines is 3. The van der Waals surface area contributed by atoms with Crippen LogP contribution in [-0.2, 0) is 0 Å². The summed E-state index contributed by atoms with van der Waals surface area (Å²) in [6, 6.07) is 12.5. The van der Waals surface area contributed by atoms with Crippen molar-refractivity contribution in [2.45, 2.75) is 45.7 Å². The molecule has 2 aromatic heterocycles. The number of hydrogen-bond acceptors (Lipinski definition) is 7. The molecule has 0 radical (unpaired) electrons. The maximum atomic E-state index is 11.2. The standard InChI is InChI=1S/C27H31ClN6O2/c1-17-6-4-8-20(12-17)23-14-24(31-27(30-23)34-9-5-7-18(34)2)33-11-10-32(16-19(33)3)25-22(28)13-21(15-29-25)26(35)36/h4,6,8,12-15,18-19H,5,7,9-11,16H2,1-3H3,(H,35,36). The predicted molar refractivity (Wildman–Crippen MR) is 143 cm³/mol. The van der Waals surface area contributed by atoms with Gasteiger partial charge in [0.2, 0.25) is 5.95 Å². The maximum absolute atomic E-state index is 11.2. The SMILES string of the molecule is Cc1cccc(-c2cc(N3CCN(c4ncc(C(=O)O)cc4Cl)CC3C)nc(N3CCCC3C)n2)c1. The summed E-state index contributed by atoms with van der Waals surface area (Å²) in [7, 11) is 0. The van der Waals surface area contributed by atoms with E-state index in [-0.39, 0.29) is 11.6 Å². The second kappa shape index (κ2) is 9.93. The van der Waals surface area contributed by atoms with Gasteiger partial charge in [0.25, 0.3) is 0 Å². The van der Waals surface area contributed by atoms with Crippen LogP contribution in [0.5, 0.6) is 0 Å². The first-order chi connectivity index (χ1) is 17.3. The largest absolute Gasteiger partial charge is 0.478 e. The predicted octanol–water partition coefficient (Wildman–Crippen LogP) is 4.90. The van der Waals surface area contributed by atoms with Gasteiger partial charge in [0.1, 0.15) is 11.6 Å². The Balaban J connectivity index is 1.45. The van der Waals surface area contributed by atoms with Gasteiger partial charge in [-0.1, -0.05) is 35.4 Å². The van der Waals surface area contributed by atoms with Crippen molar-refractivity contribution in [2.24, 2.45) is 0 Å². The van der Waals surface area contributed by atoms with Gasteiger partial charge in [-0.05, 0) is 45.7 Å². The molecule has 0 amide bonds. The molecule has 2 saturated heterocycles. The summed E-state index contributed by atoms with van der Waals surface area (Å²) in [4.78, 5) is 32.4. The lowest BCUT2D eigenvalue weighted by Crippen LogP contribution is -2.52. The van der Waals surface area contributed by atoms with Crippen molar-refractivity contribution in [3.05, 3.63) is 58.7 Å². The highest BCUT2D eigenvalue weighted by atomic mass is 35.5. The van der Waals surface area contributed by atoms with E-state index in [0.29, 0.717) is 30.0 Å². The van der Waals surface area contributed by atoms with Crippen LogP contribution in [0.4, 0.5) is 17.6 Å². The molecule has 1 aromatic carbocycles. The average Bonchev–Trinajstić information content (AvgIpc) is 3.29. The quantitative estimate of drug-likeness (QED) is 0.523. The Morgan fingerprint density at radius 1 is 1.06 bits per heavy atom. The van der Waals surface area contributed by atoms with Crippen LogP contribution in [0.2, 0.25) is 5.02 Å². The third kappa shape index (κ3) is 4.82. The van der Waals surface area contributed by atoms with Crippen molar-refractivity contribution in [1.82, 2.24) is 15.0 Å². The molecule has 0 spiro atoms. The molecule has 2 aliphatic rings. The number of halogens is 1. The molecule has 9 heteroatoms. The summed E-state index contributed by atoms with van der Waals surface area (Å²) < 4.78 is 0. The van der Waals surface area contributed by atoms with Gasteiger partial charge in [-0.25, -0.2) is 14.8 Å². The highest BCUT2D eigenvalue weighted by molar-refractivity contribution is 6.33. The van der Waals surface area contributed by atoms with Crippen LogP contribution < -0.4 is 14.7 Å². The fraction of sp³-hybridized carbons (Fsp3) is 0.407. The Morgan fingerprint density at radius 3 is 2.56 bits per heavy atom. The minimum Gasteiger partial charge on any atom is -0.478 e. The van der Waals surface area contributed by atoms with E-state index >= 15 is 0 Å². The average molecular weight is 507 g/mol. The highest BCUT2D eigenvalue weighted by Crippen LogP contribution is 2.32. The zero-order chi connectivity index (χ0) is 25.4. The number of aromatic nitrogens is 3. The Hall–Kier alpha value is -3.39. The Bertz CT molecular complexity index is 1280. The van der Waals surface area contributed by atoms with E-state index < -0.39 is 5.97 Å². The van der Waals surface area contributed by atoms with E-state index in [1.807, 2.05) is 0 Å². The first kappa shape index (κ1) is 24.3. The second-order valence-corrected chi connectivity index (χ2v) is 10.2. The maximum Gasteiger partial charge on any atom is 0.337 e. The summed E-state index contributed by atoms with van der Waals surface area (Å²) in [5.74, 6) is 1.29. The molecular formula is C27H31ClN6O2. The third-order valence-electron chi connectivity index (χ3n) is 7.11. The fourth-order valence-corrected chi connectivity index (χ4v) is 5.44. The van der Waals surface area contributed by atoms with Gasteiger partial charge in [0, 0.05) is 56.1 Å². The van der Waals surface area contributed by atoms with E-state index in [1.165, 1.54) is 17.8 Å². The van der Waals surface area contributed by atoms with Crippen LogP contribution >= 0.6 is 11.6 Å². The second-order valence-electron chi connectivity index (χ2n) is 9.79. The van der Waals surface area contributed by atoms with Gasteiger partial charge in [-0.15, -0.1) is 0 Å². The molecule has 2 atom stereocenters. The molecule has 2 fully saturated rings. The molecule has 36 heavy (non-hydrogen) atoms. The lowest BCUT2D eigenvalue weighted by atomic mass is 10.1. The number of piperazine rings is 1. The van der Waals surface area contributed by atoms with Crippen LogP contribution in [0.1, 0.15) is 42.6 Å². The third-order valence-corrected chi connectivity index (χ3v) is 7.39. The van der Waals surface area contributed by atoms with Crippen molar-refractivity contribution in [2.75, 3.05) is 40.9 Å². The first-order valence-electron chi connectivity index (χ1n) is 12.4. The van der Waals surface area contributed by atoms with Crippen molar-refractivity contribution in [1.29, 1.82) is 0 Å². The highest BCUT2D eigenvalue weighted by Gasteiger charge is 2.29. The van der Waals surface area contributed by atoms with Crippen molar-refractivity contribution in [3.63, 3.8) is 0 Å². The number of aromatic carboxylic acids is 1. The van der Waals surface area contributed by atoms with Crippen LogP contribution in [-0.4, -0.2) is 64.3 Å². The number of rotatable bonds is 5. The number of benzene rings is 1. The van der Waals surface area contributed by atoms with Crippen LogP contribution in [0, 0.1) is 6.92 Å². The van der Waals surface area contributed by atoms with E-state index in [9.17, 15) is 9.90 Å². The van der Waals surface area contributed by atoms with E-state index in [1.54, 1.807) is 0 Å². The van der Waals surface area contributed by atoms with E-state index in [4.69, 9.17) is 21.6 Å². The zero-order valence-electron chi connectivity index (χ0n) is 20.9. The molecule has 4 heterocycles. The number of carboxylic acids is 1. The summed E-state index contributed by atoms with van der Waals surface area (Å²) in [6.45, 7) is 9.60. The number of carboxylic acid groups (broad SMARTS) is 1. The molecule has 0 bridgehead atoms. The molecule has 0 saturated carbocycles. The number of carbonyl (C=O) groups is 1. The Morgan fingerprint density at radius 2 is 1.89 bits per heavy atom. The minimum absolute atomic E-state index is 0.0868. The van der Waals surface area contributed by atoms with Crippen molar-refractivity contribution >= 4 is 35.2 Å². The number of aryl methyl sites for hydroxylation is 1. The van der Waals surface area contributed by atoms with Crippen molar-refractivity contribution in [3.8, 4) is 11.3 Å². The summed E-state index contributed by atoms with van der Waals surface area (Å²) in [6.07, 6.45) is 3.66. The van der Waals surface area contributed by atoms with Gasteiger partial charge in [0.15, 0.2) is 0 Å².